The third-order valence-corrected chi connectivity index (χ3v) is 8.79. The zero-order chi connectivity index (χ0) is 28.6. The molecule has 0 bridgehead atoms. The molecule has 1 N–H and O–H groups in total. The number of sulfonamides is 1. The van der Waals surface area contributed by atoms with Crippen LogP contribution in [-0.2, 0) is 21.2 Å². The second-order valence-electron chi connectivity index (χ2n) is 8.22. The molecule has 0 aliphatic carbocycles. The van der Waals surface area contributed by atoms with Gasteiger partial charge in [0.1, 0.15) is 9.77 Å². The van der Waals surface area contributed by atoms with E-state index in [0.29, 0.717) is 36.8 Å². The smallest absolute Gasteiger partial charge is 0.338 e. The molecule has 0 spiro atoms. The zero-order valence-corrected chi connectivity index (χ0v) is 24.5. The number of carbonyl (C=O) groups excluding carboxylic acids is 2. The highest BCUT2D eigenvalue weighted by atomic mass is 35.5. The minimum atomic E-state index is -4.05. The molecular formula is C27H31ClN2O7S2. The largest absolute Gasteiger partial charge is 0.490 e. The predicted molar refractivity (Wildman–Crippen MR) is 152 cm³/mol. The first-order chi connectivity index (χ1) is 18.6. The summed E-state index contributed by atoms with van der Waals surface area (Å²) >= 11 is 7.01. The highest BCUT2D eigenvalue weighted by Gasteiger charge is 2.29. The van der Waals surface area contributed by atoms with E-state index in [2.05, 4.69) is 5.32 Å². The van der Waals surface area contributed by atoms with Gasteiger partial charge in [-0.1, -0.05) is 23.7 Å². The summed E-state index contributed by atoms with van der Waals surface area (Å²) in [5.74, 6) is 0.0321. The molecule has 39 heavy (non-hydrogen) atoms. The normalized spacial score (nSPS) is 11.3. The Labute approximate surface area is 237 Å². The average molecular weight is 595 g/mol. The summed E-state index contributed by atoms with van der Waals surface area (Å²) in [7, 11) is -2.61. The molecule has 0 unspecified atom stereocenters. The van der Waals surface area contributed by atoms with E-state index >= 15 is 0 Å². The van der Waals surface area contributed by atoms with Gasteiger partial charge in [-0.2, -0.15) is 0 Å². The Morgan fingerprint density at radius 1 is 0.974 bits per heavy atom. The number of anilines is 1. The molecule has 1 amide bonds. The Morgan fingerprint density at radius 3 is 2.38 bits per heavy atom. The molecule has 0 atom stereocenters. The molecule has 210 valence electrons. The van der Waals surface area contributed by atoms with Crippen molar-refractivity contribution in [3.8, 4) is 11.5 Å². The van der Waals surface area contributed by atoms with Gasteiger partial charge in [0.05, 0.1) is 29.7 Å². The van der Waals surface area contributed by atoms with Crippen molar-refractivity contribution in [2.24, 2.45) is 0 Å². The van der Waals surface area contributed by atoms with Crippen molar-refractivity contribution in [1.29, 1.82) is 0 Å². The molecule has 9 nitrogen and oxygen atoms in total. The van der Waals surface area contributed by atoms with Gasteiger partial charge in [-0.05, 0) is 69.2 Å². The van der Waals surface area contributed by atoms with Gasteiger partial charge in [0.25, 0.3) is 5.91 Å². The fraction of sp³-hybridized carbons (Fsp3) is 0.333. The molecule has 0 saturated heterocycles. The number of likely N-dealkylation sites (N-methyl/N-ethyl adjacent to an activating group) is 1. The first kappa shape index (κ1) is 30.4. The van der Waals surface area contributed by atoms with Crippen molar-refractivity contribution in [3.05, 3.63) is 68.9 Å². The number of halogens is 1. The predicted octanol–water partition coefficient (Wildman–Crippen LogP) is 5.49. The van der Waals surface area contributed by atoms with Gasteiger partial charge < -0.3 is 19.5 Å². The number of hydrogen-bond donors (Lipinski definition) is 1. The third kappa shape index (κ3) is 7.72. The van der Waals surface area contributed by atoms with Gasteiger partial charge in [-0.25, -0.2) is 17.5 Å². The lowest BCUT2D eigenvalue weighted by Crippen LogP contribution is -2.30. The summed E-state index contributed by atoms with van der Waals surface area (Å²) in [6.07, 6.45) is 0.405. The van der Waals surface area contributed by atoms with E-state index in [4.69, 9.17) is 25.8 Å². The maximum Gasteiger partial charge on any atom is 0.338 e. The van der Waals surface area contributed by atoms with E-state index in [9.17, 15) is 18.0 Å². The molecule has 12 heteroatoms. The molecule has 3 rings (SSSR count). The van der Waals surface area contributed by atoms with E-state index in [0.717, 1.165) is 16.9 Å². The molecule has 1 heterocycles. The average Bonchev–Trinajstić information content (AvgIpc) is 3.32. The Bertz CT molecular complexity index is 1420. The molecule has 0 radical (unpaired) electrons. The fourth-order valence-corrected chi connectivity index (χ4v) is 6.50. The summed E-state index contributed by atoms with van der Waals surface area (Å²) < 4.78 is 44.5. The second-order valence-corrected chi connectivity index (χ2v) is 11.9. The van der Waals surface area contributed by atoms with Crippen molar-refractivity contribution in [2.45, 2.75) is 32.1 Å². The Balaban J connectivity index is 1.77. The number of esters is 1. The molecule has 0 saturated carbocycles. The number of carbonyl (C=O) groups is 2. The van der Waals surface area contributed by atoms with E-state index < -0.39 is 21.9 Å². The number of nitrogens with one attached hydrogen (secondary N) is 1. The lowest BCUT2D eigenvalue weighted by atomic mass is 10.1. The standard InChI is InChI=1S/C27H31ClN2O7S2/c1-5-35-21-12-11-18(15-22(21)36-6-2)13-14-30(4)39(33,34)23-17-24(28)38-25(23)26(31)29-20-10-8-9-19(16-20)27(32)37-7-3/h8-12,15-17H,5-7,13-14H2,1-4H3,(H,29,31). The molecule has 2 aromatic carbocycles. The summed E-state index contributed by atoms with van der Waals surface area (Å²) in [5.41, 5.74) is 1.44. The quantitative estimate of drug-likeness (QED) is 0.260. The van der Waals surface area contributed by atoms with Crippen LogP contribution in [0.1, 0.15) is 46.4 Å². The van der Waals surface area contributed by atoms with Crippen molar-refractivity contribution in [2.75, 3.05) is 38.7 Å². The van der Waals surface area contributed by atoms with Crippen LogP contribution in [-0.4, -0.2) is 58.0 Å². The Morgan fingerprint density at radius 2 is 1.69 bits per heavy atom. The molecule has 1 aromatic heterocycles. The van der Waals surface area contributed by atoms with Gasteiger partial charge in [0.15, 0.2) is 11.5 Å². The van der Waals surface area contributed by atoms with Crippen LogP contribution in [0.15, 0.2) is 53.4 Å². The highest BCUT2D eigenvalue weighted by molar-refractivity contribution is 7.89. The first-order valence-electron chi connectivity index (χ1n) is 12.3. The van der Waals surface area contributed by atoms with Crippen molar-refractivity contribution in [1.82, 2.24) is 4.31 Å². The number of ether oxygens (including phenoxy) is 3. The van der Waals surface area contributed by atoms with Crippen LogP contribution in [0.2, 0.25) is 4.34 Å². The second kappa shape index (κ2) is 13.8. The molecule has 0 fully saturated rings. The Hall–Kier alpha value is -3.12. The van der Waals surface area contributed by atoms with Gasteiger partial charge >= 0.3 is 5.97 Å². The molecule has 3 aromatic rings. The van der Waals surface area contributed by atoms with E-state index in [1.165, 1.54) is 23.5 Å². The van der Waals surface area contributed by atoms with Crippen LogP contribution in [0.5, 0.6) is 11.5 Å². The molecule has 0 aliphatic heterocycles. The van der Waals surface area contributed by atoms with Crippen LogP contribution in [0.4, 0.5) is 5.69 Å². The maximum atomic E-state index is 13.5. The number of benzene rings is 2. The molecule has 0 aliphatic rings. The van der Waals surface area contributed by atoms with E-state index in [-0.39, 0.29) is 32.8 Å². The fourth-order valence-electron chi connectivity index (χ4n) is 3.65. The van der Waals surface area contributed by atoms with Gasteiger partial charge in [-0.15, -0.1) is 11.3 Å². The summed E-state index contributed by atoms with van der Waals surface area (Å²) in [4.78, 5) is 24.9. The summed E-state index contributed by atoms with van der Waals surface area (Å²) in [6, 6.07) is 13.0. The van der Waals surface area contributed by atoms with Gasteiger partial charge in [-0.3, -0.25) is 4.79 Å². The van der Waals surface area contributed by atoms with Crippen molar-refractivity contribution < 1.29 is 32.2 Å². The first-order valence-corrected chi connectivity index (χ1v) is 15.0. The minimum absolute atomic E-state index is 0.0620. The SMILES string of the molecule is CCOC(=O)c1cccc(NC(=O)c2sc(Cl)cc2S(=O)(=O)N(C)CCc2ccc(OCC)c(OCC)c2)c1. The lowest BCUT2D eigenvalue weighted by molar-refractivity contribution is 0.0526. The number of hydrogen-bond acceptors (Lipinski definition) is 8. The van der Waals surface area contributed by atoms with Crippen LogP contribution in [0.3, 0.4) is 0 Å². The van der Waals surface area contributed by atoms with Crippen LogP contribution >= 0.6 is 22.9 Å². The minimum Gasteiger partial charge on any atom is -0.490 e. The van der Waals surface area contributed by atoms with E-state index in [1.807, 2.05) is 26.0 Å². The topological polar surface area (TPSA) is 111 Å². The van der Waals surface area contributed by atoms with Crippen LogP contribution in [0.25, 0.3) is 0 Å². The van der Waals surface area contributed by atoms with Crippen LogP contribution in [0, 0.1) is 0 Å². The number of thiophene rings is 1. The van der Waals surface area contributed by atoms with E-state index in [1.54, 1.807) is 31.2 Å². The third-order valence-electron chi connectivity index (χ3n) is 5.52. The monoisotopic (exact) mass is 594 g/mol. The lowest BCUT2D eigenvalue weighted by Gasteiger charge is -2.18. The number of nitrogens with zero attached hydrogens (tertiary/aromatic N) is 1. The van der Waals surface area contributed by atoms with Crippen molar-refractivity contribution in [3.63, 3.8) is 0 Å². The summed E-state index contributed by atoms with van der Waals surface area (Å²) in [5, 5.41) is 2.65. The Kier molecular flexibility index (Phi) is 10.8. The zero-order valence-electron chi connectivity index (χ0n) is 22.2. The molecular weight excluding hydrogens is 564 g/mol. The van der Waals surface area contributed by atoms with Crippen LogP contribution < -0.4 is 14.8 Å². The number of rotatable bonds is 13. The van der Waals surface area contributed by atoms with Crippen molar-refractivity contribution >= 4 is 50.5 Å². The highest BCUT2D eigenvalue weighted by Crippen LogP contribution is 2.33. The maximum absolute atomic E-state index is 13.5. The summed E-state index contributed by atoms with van der Waals surface area (Å²) in [6.45, 7) is 6.78. The number of amides is 1. The van der Waals surface area contributed by atoms with Gasteiger partial charge in [0, 0.05) is 19.3 Å². The van der Waals surface area contributed by atoms with Gasteiger partial charge in [0.2, 0.25) is 10.0 Å².